The fourth-order valence-corrected chi connectivity index (χ4v) is 4.61. The second-order valence-electron chi connectivity index (χ2n) is 6.53. The lowest BCUT2D eigenvalue weighted by Gasteiger charge is -2.26. The first-order valence-electron chi connectivity index (χ1n) is 9.13. The van der Waals surface area contributed by atoms with Gasteiger partial charge >= 0.3 is 0 Å². The molecular formula is C20H20N4O4S. The van der Waals surface area contributed by atoms with Gasteiger partial charge in [-0.05, 0) is 24.3 Å². The molecule has 1 amide bonds. The lowest BCUT2D eigenvalue weighted by Crippen LogP contribution is -2.40. The van der Waals surface area contributed by atoms with Crippen LogP contribution in [0.15, 0.2) is 64.7 Å². The van der Waals surface area contributed by atoms with Crippen LogP contribution in [0.4, 0.5) is 0 Å². The molecule has 0 spiro atoms. The smallest absolute Gasteiger partial charge is 0.271 e. The first-order chi connectivity index (χ1) is 14.1. The van der Waals surface area contributed by atoms with Crippen LogP contribution in [0.2, 0.25) is 0 Å². The third kappa shape index (κ3) is 4.07. The standard InChI is InChI=1S/C20H20N4O4S/c25-20(23-22-14-16-13-21-19-7-2-1-6-18(16)19)15-4-3-5-17(12-15)29(26,27)24-8-10-28-11-9-24/h1-7,12-14,21H,8-11H2,(H,23,25). The molecule has 1 aliphatic heterocycles. The first kappa shape index (κ1) is 19.3. The summed E-state index contributed by atoms with van der Waals surface area (Å²) >= 11 is 0. The Morgan fingerprint density at radius 2 is 1.93 bits per heavy atom. The minimum Gasteiger partial charge on any atom is -0.379 e. The molecule has 4 rings (SSSR count). The van der Waals surface area contributed by atoms with Gasteiger partial charge < -0.3 is 9.72 Å². The zero-order chi connectivity index (χ0) is 20.3. The number of aromatic amines is 1. The minimum atomic E-state index is -3.67. The number of morpholine rings is 1. The van der Waals surface area contributed by atoms with Gasteiger partial charge in [0, 0.05) is 41.3 Å². The Labute approximate surface area is 168 Å². The maximum Gasteiger partial charge on any atom is 0.271 e. The summed E-state index contributed by atoms with van der Waals surface area (Å²) in [5, 5.41) is 4.99. The molecule has 0 atom stereocenters. The fourth-order valence-electron chi connectivity index (χ4n) is 3.16. The molecule has 2 N–H and O–H groups in total. The number of carbonyl (C=O) groups excluding carboxylic acids is 1. The van der Waals surface area contributed by atoms with E-state index in [-0.39, 0.29) is 10.5 Å². The van der Waals surface area contributed by atoms with Crippen LogP contribution < -0.4 is 5.43 Å². The molecular weight excluding hydrogens is 392 g/mol. The van der Waals surface area contributed by atoms with Crippen molar-refractivity contribution in [2.24, 2.45) is 5.10 Å². The van der Waals surface area contributed by atoms with Crippen LogP contribution in [0.1, 0.15) is 15.9 Å². The Balaban J connectivity index is 1.48. The highest BCUT2D eigenvalue weighted by molar-refractivity contribution is 7.89. The average Bonchev–Trinajstić information content (AvgIpc) is 3.17. The number of nitrogens with zero attached hydrogens (tertiary/aromatic N) is 2. The second-order valence-corrected chi connectivity index (χ2v) is 8.47. The van der Waals surface area contributed by atoms with Crippen LogP contribution in [-0.4, -0.2) is 56.1 Å². The van der Waals surface area contributed by atoms with Gasteiger partial charge in [0.05, 0.1) is 24.3 Å². The van der Waals surface area contributed by atoms with Gasteiger partial charge in [-0.3, -0.25) is 4.79 Å². The van der Waals surface area contributed by atoms with Crippen molar-refractivity contribution in [1.82, 2.24) is 14.7 Å². The summed E-state index contributed by atoms with van der Waals surface area (Å²) in [6.45, 7) is 1.32. The van der Waals surface area contributed by atoms with Crippen molar-refractivity contribution in [1.29, 1.82) is 0 Å². The van der Waals surface area contributed by atoms with Gasteiger partial charge in [-0.15, -0.1) is 0 Å². The minimum absolute atomic E-state index is 0.0765. The van der Waals surface area contributed by atoms with E-state index in [4.69, 9.17) is 4.74 Å². The molecule has 1 aromatic heterocycles. The summed E-state index contributed by atoms with van der Waals surface area (Å²) in [5.41, 5.74) is 4.48. The van der Waals surface area contributed by atoms with Crippen molar-refractivity contribution in [2.75, 3.05) is 26.3 Å². The molecule has 0 radical (unpaired) electrons. The zero-order valence-electron chi connectivity index (χ0n) is 15.5. The summed E-state index contributed by atoms with van der Waals surface area (Å²) < 4.78 is 32.1. The van der Waals surface area contributed by atoms with E-state index in [2.05, 4.69) is 15.5 Å². The second kappa shape index (κ2) is 8.16. The van der Waals surface area contributed by atoms with Crippen molar-refractivity contribution in [3.63, 3.8) is 0 Å². The van der Waals surface area contributed by atoms with Crippen molar-refractivity contribution in [3.05, 3.63) is 65.9 Å². The van der Waals surface area contributed by atoms with E-state index in [1.54, 1.807) is 24.5 Å². The Morgan fingerprint density at radius 1 is 1.14 bits per heavy atom. The van der Waals surface area contributed by atoms with E-state index < -0.39 is 15.9 Å². The molecule has 0 unspecified atom stereocenters. The van der Waals surface area contributed by atoms with Gasteiger partial charge in [0.2, 0.25) is 10.0 Å². The number of nitrogens with one attached hydrogen (secondary N) is 2. The molecule has 150 valence electrons. The van der Waals surface area contributed by atoms with Gasteiger partial charge in [-0.25, -0.2) is 13.8 Å². The molecule has 1 aliphatic rings. The zero-order valence-corrected chi connectivity index (χ0v) is 16.4. The average molecular weight is 412 g/mol. The molecule has 9 heteroatoms. The van der Waals surface area contributed by atoms with Crippen LogP contribution >= 0.6 is 0 Å². The molecule has 0 saturated carbocycles. The lowest BCUT2D eigenvalue weighted by molar-refractivity contribution is 0.0730. The summed E-state index contributed by atoms with van der Waals surface area (Å²) in [7, 11) is -3.67. The topological polar surface area (TPSA) is 104 Å². The van der Waals surface area contributed by atoms with Crippen LogP contribution in [0.5, 0.6) is 0 Å². The van der Waals surface area contributed by atoms with E-state index >= 15 is 0 Å². The number of aromatic nitrogens is 1. The number of para-hydroxylation sites is 1. The van der Waals surface area contributed by atoms with Crippen LogP contribution in [-0.2, 0) is 14.8 Å². The molecule has 8 nitrogen and oxygen atoms in total. The Morgan fingerprint density at radius 3 is 2.76 bits per heavy atom. The largest absolute Gasteiger partial charge is 0.379 e. The van der Waals surface area contributed by atoms with Crippen molar-refractivity contribution in [3.8, 4) is 0 Å². The third-order valence-electron chi connectivity index (χ3n) is 4.70. The molecule has 0 aliphatic carbocycles. The highest BCUT2D eigenvalue weighted by Crippen LogP contribution is 2.19. The Kier molecular flexibility index (Phi) is 5.43. The quantitative estimate of drug-likeness (QED) is 0.494. The van der Waals surface area contributed by atoms with Crippen LogP contribution in [0.25, 0.3) is 10.9 Å². The van der Waals surface area contributed by atoms with Crippen molar-refractivity contribution < 1.29 is 17.9 Å². The molecule has 0 bridgehead atoms. The predicted molar refractivity (Wildman–Crippen MR) is 109 cm³/mol. The van der Waals surface area contributed by atoms with E-state index in [9.17, 15) is 13.2 Å². The summed E-state index contributed by atoms with van der Waals surface area (Å²) in [6.07, 6.45) is 3.35. The van der Waals surface area contributed by atoms with E-state index in [1.807, 2.05) is 24.3 Å². The number of rotatable bonds is 5. The normalized spacial score (nSPS) is 15.7. The molecule has 1 saturated heterocycles. The van der Waals surface area contributed by atoms with Gasteiger partial charge in [0.25, 0.3) is 5.91 Å². The third-order valence-corrected chi connectivity index (χ3v) is 6.59. The number of hydrazone groups is 1. The number of amides is 1. The Bertz CT molecular complexity index is 1160. The number of hydrogen-bond acceptors (Lipinski definition) is 5. The fraction of sp³-hybridized carbons (Fsp3) is 0.200. The Hall–Kier alpha value is -3.01. The van der Waals surface area contributed by atoms with Gasteiger partial charge in [-0.1, -0.05) is 24.3 Å². The number of fused-ring (bicyclic) bond motifs is 1. The van der Waals surface area contributed by atoms with Gasteiger partial charge in [0.15, 0.2) is 0 Å². The summed E-state index contributed by atoms with van der Waals surface area (Å²) in [6, 6.07) is 13.7. The maximum atomic E-state index is 12.8. The number of ether oxygens (including phenoxy) is 1. The number of carbonyl (C=O) groups is 1. The van der Waals surface area contributed by atoms with Crippen molar-refractivity contribution in [2.45, 2.75) is 4.90 Å². The van der Waals surface area contributed by atoms with Gasteiger partial charge in [0.1, 0.15) is 0 Å². The highest BCUT2D eigenvalue weighted by atomic mass is 32.2. The van der Waals surface area contributed by atoms with E-state index in [0.29, 0.717) is 26.3 Å². The van der Waals surface area contributed by atoms with E-state index in [1.165, 1.54) is 16.4 Å². The van der Waals surface area contributed by atoms with Crippen molar-refractivity contribution >= 4 is 33.0 Å². The SMILES string of the molecule is O=C(NN=Cc1c[nH]c2ccccc12)c1cccc(S(=O)(=O)N2CCOCC2)c1. The highest BCUT2D eigenvalue weighted by Gasteiger charge is 2.26. The van der Waals surface area contributed by atoms with Crippen LogP contribution in [0, 0.1) is 0 Å². The number of sulfonamides is 1. The number of benzene rings is 2. The number of H-pyrrole nitrogens is 1. The number of hydrogen-bond donors (Lipinski definition) is 2. The maximum absolute atomic E-state index is 12.8. The van der Waals surface area contributed by atoms with E-state index in [0.717, 1.165) is 16.5 Å². The molecule has 2 heterocycles. The monoisotopic (exact) mass is 412 g/mol. The molecule has 2 aromatic carbocycles. The molecule has 1 fully saturated rings. The predicted octanol–water partition coefficient (Wildman–Crippen LogP) is 1.95. The first-order valence-corrected chi connectivity index (χ1v) is 10.6. The molecule has 29 heavy (non-hydrogen) atoms. The van der Waals surface area contributed by atoms with Gasteiger partial charge in [-0.2, -0.15) is 9.41 Å². The summed E-state index contributed by atoms with van der Waals surface area (Å²) in [4.78, 5) is 15.6. The van der Waals surface area contributed by atoms with Crippen LogP contribution in [0.3, 0.4) is 0 Å². The lowest BCUT2D eigenvalue weighted by atomic mass is 10.2. The summed E-state index contributed by atoms with van der Waals surface area (Å²) in [5.74, 6) is -0.486. The molecule has 3 aromatic rings.